The van der Waals surface area contributed by atoms with Crippen LogP contribution in [0, 0.1) is 6.92 Å². The van der Waals surface area contributed by atoms with Crippen LogP contribution in [0.15, 0.2) is 55.1 Å². The fraction of sp³-hybridized carbons (Fsp3) is 0.227. The molecule has 0 aliphatic heterocycles. The average Bonchev–Trinajstić information content (AvgIpc) is 2.60. The van der Waals surface area contributed by atoms with E-state index in [9.17, 15) is 9.90 Å². The van der Waals surface area contributed by atoms with E-state index in [0.29, 0.717) is 5.56 Å². The first-order valence-electron chi connectivity index (χ1n) is 8.12. The normalized spacial score (nSPS) is 11.5. The molecule has 25 heavy (non-hydrogen) atoms. The molecular weight excluding hydrogens is 312 g/mol. The number of hydrogen-bond acceptors (Lipinski definition) is 3. The minimum atomic E-state index is -0.181. The van der Waals surface area contributed by atoms with E-state index in [-0.39, 0.29) is 16.9 Å². The lowest BCUT2D eigenvalue weighted by atomic mass is 9.81. The number of phenolic OH excluding ortho intramolecular Hbond substituents is 1. The molecule has 0 aromatic heterocycles. The van der Waals surface area contributed by atoms with Gasteiger partial charge in [0.25, 0.3) is 0 Å². The van der Waals surface area contributed by atoms with Gasteiger partial charge in [0.2, 0.25) is 0 Å². The number of allylic oxidation sites excluding steroid dienone is 2. The molecule has 0 aliphatic rings. The molecule has 0 saturated carbocycles. The van der Waals surface area contributed by atoms with Crippen LogP contribution in [-0.4, -0.2) is 18.0 Å². The number of carbonyl (C=O) groups is 1. The molecule has 2 rings (SSSR count). The molecule has 0 amide bonds. The summed E-state index contributed by atoms with van der Waals surface area (Å²) in [6, 6.07) is 10.2. The molecule has 0 unspecified atom stereocenters. The number of phenols is 1. The van der Waals surface area contributed by atoms with Crippen molar-refractivity contribution < 1.29 is 14.6 Å². The standard InChI is InChI=1S/C22H24O3/c1-6-22(3,4)19-14-17(21(25-5)13-15(19)2)9-12-20(24)16-7-10-18(23)11-8-16/h6-14,23H,1H2,2-5H3/b12-9+. The van der Waals surface area contributed by atoms with Crippen molar-refractivity contribution in [3.8, 4) is 11.5 Å². The summed E-state index contributed by atoms with van der Waals surface area (Å²) in [5.41, 5.74) is 3.43. The van der Waals surface area contributed by atoms with E-state index in [4.69, 9.17) is 4.74 Å². The van der Waals surface area contributed by atoms with Crippen molar-refractivity contribution in [2.45, 2.75) is 26.2 Å². The van der Waals surface area contributed by atoms with E-state index in [1.54, 1.807) is 25.3 Å². The Bertz CT molecular complexity index is 812. The third-order valence-corrected chi connectivity index (χ3v) is 4.35. The van der Waals surface area contributed by atoms with E-state index in [1.165, 1.54) is 18.2 Å². The molecule has 0 fully saturated rings. The number of aryl methyl sites for hydroxylation is 1. The van der Waals surface area contributed by atoms with Gasteiger partial charge in [-0.2, -0.15) is 0 Å². The maximum atomic E-state index is 12.3. The van der Waals surface area contributed by atoms with Gasteiger partial charge in [0.05, 0.1) is 7.11 Å². The third-order valence-electron chi connectivity index (χ3n) is 4.35. The minimum Gasteiger partial charge on any atom is -0.508 e. The van der Waals surface area contributed by atoms with Crippen molar-refractivity contribution >= 4 is 11.9 Å². The number of benzene rings is 2. The molecular formula is C22H24O3. The van der Waals surface area contributed by atoms with Crippen molar-refractivity contribution in [1.29, 1.82) is 0 Å². The summed E-state index contributed by atoms with van der Waals surface area (Å²) < 4.78 is 5.46. The largest absolute Gasteiger partial charge is 0.508 e. The van der Waals surface area contributed by atoms with Crippen molar-refractivity contribution in [3.63, 3.8) is 0 Å². The molecule has 0 saturated heterocycles. The van der Waals surface area contributed by atoms with Gasteiger partial charge in [-0.3, -0.25) is 4.79 Å². The summed E-state index contributed by atoms with van der Waals surface area (Å²) in [6.07, 6.45) is 5.19. The van der Waals surface area contributed by atoms with Gasteiger partial charge in [0.15, 0.2) is 5.78 Å². The molecule has 0 spiro atoms. The van der Waals surface area contributed by atoms with Gasteiger partial charge in [0, 0.05) is 16.5 Å². The lowest BCUT2D eigenvalue weighted by molar-refractivity contribution is 0.104. The summed E-state index contributed by atoms with van der Waals surface area (Å²) >= 11 is 0. The molecule has 130 valence electrons. The van der Waals surface area contributed by atoms with Crippen LogP contribution in [-0.2, 0) is 5.41 Å². The van der Waals surface area contributed by atoms with Gasteiger partial charge < -0.3 is 9.84 Å². The molecule has 2 aromatic rings. The van der Waals surface area contributed by atoms with Crippen LogP contribution in [0.2, 0.25) is 0 Å². The number of ether oxygens (including phenoxy) is 1. The third kappa shape index (κ3) is 4.18. The summed E-state index contributed by atoms with van der Waals surface area (Å²) in [5.74, 6) is 0.722. The highest BCUT2D eigenvalue weighted by Crippen LogP contribution is 2.33. The van der Waals surface area contributed by atoms with Gasteiger partial charge in [0.1, 0.15) is 11.5 Å². The predicted molar refractivity (Wildman–Crippen MR) is 102 cm³/mol. The lowest BCUT2D eigenvalue weighted by Crippen LogP contribution is -2.15. The number of ketones is 1. The Labute approximate surface area is 149 Å². The number of aromatic hydroxyl groups is 1. The van der Waals surface area contributed by atoms with Crippen LogP contribution >= 0.6 is 0 Å². The Morgan fingerprint density at radius 2 is 1.84 bits per heavy atom. The maximum Gasteiger partial charge on any atom is 0.185 e. The fourth-order valence-corrected chi connectivity index (χ4v) is 2.70. The second-order valence-corrected chi connectivity index (χ2v) is 6.58. The van der Waals surface area contributed by atoms with Gasteiger partial charge >= 0.3 is 0 Å². The van der Waals surface area contributed by atoms with Crippen LogP contribution in [0.5, 0.6) is 11.5 Å². The Hall–Kier alpha value is -2.81. The summed E-state index contributed by atoms with van der Waals surface area (Å²) in [4.78, 5) is 12.3. The van der Waals surface area contributed by atoms with E-state index in [2.05, 4.69) is 20.4 Å². The zero-order valence-electron chi connectivity index (χ0n) is 15.2. The smallest absolute Gasteiger partial charge is 0.185 e. The first kappa shape index (κ1) is 18.5. The minimum absolute atomic E-state index is 0.132. The Balaban J connectivity index is 2.40. The highest BCUT2D eigenvalue weighted by molar-refractivity contribution is 6.07. The molecule has 0 radical (unpaired) electrons. The van der Waals surface area contributed by atoms with Crippen LogP contribution in [0.25, 0.3) is 6.08 Å². The van der Waals surface area contributed by atoms with E-state index >= 15 is 0 Å². The SMILES string of the molecule is C=CC(C)(C)c1cc(/C=C/C(=O)c2ccc(O)cc2)c(OC)cc1C. The second-order valence-electron chi connectivity index (χ2n) is 6.58. The van der Waals surface area contributed by atoms with E-state index in [0.717, 1.165) is 22.4 Å². The van der Waals surface area contributed by atoms with Crippen LogP contribution in [0.4, 0.5) is 0 Å². The molecule has 3 nitrogen and oxygen atoms in total. The van der Waals surface area contributed by atoms with Crippen LogP contribution in [0.1, 0.15) is 40.9 Å². The van der Waals surface area contributed by atoms with Gasteiger partial charge in [-0.25, -0.2) is 0 Å². The number of rotatable bonds is 6. The van der Waals surface area contributed by atoms with E-state index in [1.807, 2.05) is 25.1 Å². The molecule has 1 N–H and O–H groups in total. The molecule has 0 bridgehead atoms. The van der Waals surface area contributed by atoms with Crippen molar-refractivity contribution in [2.24, 2.45) is 0 Å². The molecule has 0 atom stereocenters. The van der Waals surface area contributed by atoms with Gasteiger partial charge in [-0.05, 0) is 66.6 Å². The summed E-state index contributed by atoms with van der Waals surface area (Å²) in [5, 5.41) is 9.32. The molecule has 0 aliphatic carbocycles. The highest BCUT2D eigenvalue weighted by Gasteiger charge is 2.20. The zero-order valence-corrected chi connectivity index (χ0v) is 15.2. The number of methoxy groups -OCH3 is 1. The summed E-state index contributed by atoms with van der Waals surface area (Å²) in [7, 11) is 1.62. The maximum absolute atomic E-state index is 12.3. The lowest BCUT2D eigenvalue weighted by Gasteiger charge is -2.24. The van der Waals surface area contributed by atoms with Crippen LogP contribution < -0.4 is 4.74 Å². The first-order chi connectivity index (χ1) is 11.8. The number of hydrogen-bond donors (Lipinski definition) is 1. The first-order valence-corrected chi connectivity index (χ1v) is 8.12. The van der Waals surface area contributed by atoms with Gasteiger partial charge in [-0.1, -0.05) is 19.9 Å². The fourth-order valence-electron chi connectivity index (χ4n) is 2.70. The second kappa shape index (κ2) is 7.39. The quantitative estimate of drug-likeness (QED) is 0.455. The van der Waals surface area contributed by atoms with Gasteiger partial charge in [-0.15, -0.1) is 6.58 Å². The molecule has 3 heteroatoms. The number of carbonyl (C=O) groups excluding carboxylic acids is 1. The topological polar surface area (TPSA) is 46.5 Å². The Morgan fingerprint density at radius 3 is 2.40 bits per heavy atom. The Morgan fingerprint density at radius 1 is 1.20 bits per heavy atom. The molecule has 2 aromatic carbocycles. The van der Waals surface area contributed by atoms with Crippen LogP contribution in [0.3, 0.4) is 0 Å². The highest BCUT2D eigenvalue weighted by atomic mass is 16.5. The monoisotopic (exact) mass is 336 g/mol. The predicted octanol–water partition coefficient (Wildman–Crippen LogP) is 5.07. The van der Waals surface area contributed by atoms with Crippen molar-refractivity contribution in [1.82, 2.24) is 0 Å². The summed E-state index contributed by atoms with van der Waals surface area (Å²) in [6.45, 7) is 10.2. The Kier molecular flexibility index (Phi) is 5.48. The van der Waals surface area contributed by atoms with Crippen molar-refractivity contribution in [3.05, 3.63) is 77.4 Å². The zero-order chi connectivity index (χ0) is 18.6. The van der Waals surface area contributed by atoms with E-state index < -0.39 is 0 Å². The average molecular weight is 336 g/mol. The molecule has 0 heterocycles. The van der Waals surface area contributed by atoms with Crippen molar-refractivity contribution in [2.75, 3.05) is 7.11 Å².